The van der Waals surface area contributed by atoms with Gasteiger partial charge in [0.1, 0.15) is 0 Å². The zero-order chi connectivity index (χ0) is 26.2. The molecule has 2 atom stereocenters. The molecule has 2 aliphatic heterocycles. The molecular formula is C29H35N3O5. The Bertz CT molecular complexity index is 1320. The number of hydrogen-bond donors (Lipinski definition) is 1. The Hall–Kier alpha value is -3.52. The Morgan fingerprint density at radius 2 is 1.89 bits per heavy atom. The Morgan fingerprint density at radius 3 is 2.65 bits per heavy atom. The normalized spacial score (nSPS) is 21.2. The van der Waals surface area contributed by atoms with Crippen LogP contribution >= 0.6 is 0 Å². The predicted molar refractivity (Wildman–Crippen MR) is 141 cm³/mol. The molecule has 8 nitrogen and oxygen atoms in total. The van der Waals surface area contributed by atoms with Crippen LogP contribution in [0.1, 0.15) is 49.4 Å². The number of methoxy groups -OCH3 is 2. The molecule has 0 aliphatic carbocycles. The van der Waals surface area contributed by atoms with Gasteiger partial charge in [0.2, 0.25) is 5.91 Å². The minimum atomic E-state index is -1.11. The van der Waals surface area contributed by atoms with Crippen molar-refractivity contribution >= 4 is 22.7 Å². The standard InChI is InChI=1S/C29H35N3O5/c1-5-14-37-23-12-11-19(16-24(23)36-4)21-17-32-25(33)18-31(13-8-15-35-3)28(34)29(32,2)27-26(21)20-9-6-7-10-22(20)30-27/h6-7,9-12,16,21,30H,5,8,13-15,17-18H2,1-4H3/t21-,29+/m1/s1. The Morgan fingerprint density at radius 1 is 1.08 bits per heavy atom. The van der Waals surface area contributed by atoms with Crippen LogP contribution in [0.3, 0.4) is 0 Å². The highest BCUT2D eigenvalue weighted by Gasteiger charge is 2.56. The number of aromatic nitrogens is 1. The Balaban J connectivity index is 1.63. The van der Waals surface area contributed by atoms with E-state index in [4.69, 9.17) is 14.2 Å². The molecule has 196 valence electrons. The molecule has 3 aromatic rings. The molecule has 1 fully saturated rings. The van der Waals surface area contributed by atoms with Gasteiger partial charge in [0.05, 0.1) is 26.0 Å². The lowest BCUT2D eigenvalue weighted by atomic mass is 9.76. The van der Waals surface area contributed by atoms with Gasteiger partial charge in [0, 0.05) is 43.6 Å². The molecule has 8 heteroatoms. The second-order valence-electron chi connectivity index (χ2n) is 9.92. The van der Waals surface area contributed by atoms with Gasteiger partial charge >= 0.3 is 0 Å². The van der Waals surface area contributed by atoms with E-state index in [-0.39, 0.29) is 24.3 Å². The number of rotatable bonds is 9. The highest BCUT2D eigenvalue weighted by molar-refractivity contribution is 6.01. The van der Waals surface area contributed by atoms with Gasteiger partial charge in [-0.05, 0) is 49.1 Å². The van der Waals surface area contributed by atoms with Crippen molar-refractivity contribution < 1.29 is 23.8 Å². The molecule has 1 aromatic heterocycles. The second kappa shape index (κ2) is 10.1. The van der Waals surface area contributed by atoms with Crippen LogP contribution in [0.5, 0.6) is 11.5 Å². The molecule has 1 saturated heterocycles. The number of nitrogens with zero attached hydrogens (tertiary/aromatic N) is 2. The Kier molecular flexibility index (Phi) is 6.86. The van der Waals surface area contributed by atoms with Crippen LogP contribution in [0, 0.1) is 0 Å². The number of hydrogen-bond acceptors (Lipinski definition) is 5. The van der Waals surface area contributed by atoms with E-state index < -0.39 is 5.54 Å². The molecule has 0 unspecified atom stereocenters. The number of amides is 2. The van der Waals surface area contributed by atoms with Crippen LogP contribution in [-0.4, -0.2) is 73.7 Å². The van der Waals surface area contributed by atoms with E-state index in [2.05, 4.69) is 18.0 Å². The molecule has 37 heavy (non-hydrogen) atoms. The average Bonchev–Trinajstić information content (AvgIpc) is 3.31. The lowest BCUT2D eigenvalue weighted by Crippen LogP contribution is -2.67. The van der Waals surface area contributed by atoms with E-state index in [0.29, 0.717) is 44.2 Å². The summed E-state index contributed by atoms with van der Waals surface area (Å²) in [7, 11) is 3.28. The van der Waals surface area contributed by atoms with Crippen molar-refractivity contribution in [3.05, 3.63) is 59.3 Å². The first-order chi connectivity index (χ1) is 17.9. The number of nitrogens with one attached hydrogen (secondary N) is 1. The van der Waals surface area contributed by atoms with Crippen LogP contribution in [0.15, 0.2) is 42.5 Å². The maximum Gasteiger partial charge on any atom is 0.254 e. The van der Waals surface area contributed by atoms with Crippen LogP contribution in [-0.2, 0) is 19.9 Å². The number of benzene rings is 2. The fraction of sp³-hybridized carbons (Fsp3) is 0.448. The quantitative estimate of drug-likeness (QED) is 0.444. The summed E-state index contributed by atoms with van der Waals surface area (Å²) in [5.41, 5.74) is 2.69. The predicted octanol–water partition coefficient (Wildman–Crippen LogP) is 4.03. The fourth-order valence-corrected chi connectivity index (χ4v) is 5.79. The molecule has 5 rings (SSSR count). The monoisotopic (exact) mass is 505 g/mol. The molecular weight excluding hydrogens is 470 g/mol. The topological polar surface area (TPSA) is 84.1 Å². The third-order valence-electron chi connectivity index (χ3n) is 7.65. The van der Waals surface area contributed by atoms with Gasteiger partial charge in [-0.1, -0.05) is 31.2 Å². The first-order valence-electron chi connectivity index (χ1n) is 12.9. The van der Waals surface area contributed by atoms with E-state index >= 15 is 0 Å². The largest absolute Gasteiger partial charge is 0.493 e. The van der Waals surface area contributed by atoms with Gasteiger partial charge in [-0.25, -0.2) is 0 Å². The summed E-state index contributed by atoms with van der Waals surface area (Å²) in [6, 6.07) is 14.1. The van der Waals surface area contributed by atoms with Crippen LogP contribution < -0.4 is 9.47 Å². The molecule has 2 aromatic carbocycles. The van der Waals surface area contributed by atoms with Crippen molar-refractivity contribution in [2.45, 2.75) is 38.1 Å². The number of ether oxygens (including phenoxy) is 3. The van der Waals surface area contributed by atoms with Crippen molar-refractivity contribution in [2.24, 2.45) is 0 Å². The zero-order valence-corrected chi connectivity index (χ0v) is 22.0. The number of piperazine rings is 1. The molecule has 0 bridgehead atoms. The second-order valence-corrected chi connectivity index (χ2v) is 9.92. The number of fused-ring (bicyclic) bond motifs is 5. The van der Waals surface area contributed by atoms with Crippen molar-refractivity contribution in [3.8, 4) is 11.5 Å². The van der Waals surface area contributed by atoms with Crippen molar-refractivity contribution in [2.75, 3.05) is 47.1 Å². The average molecular weight is 506 g/mol. The van der Waals surface area contributed by atoms with Crippen LogP contribution in [0.4, 0.5) is 0 Å². The van der Waals surface area contributed by atoms with Crippen molar-refractivity contribution in [1.82, 2.24) is 14.8 Å². The lowest BCUT2D eigenvalue weighted by Gasteiger charge is -2.51. The zero-order valence-electron chi connectivity index (χ0n) is 22.0. The molecule has 1 N–H and O–H groups in total. The van der Waals surface area contributed by atoms with Gasteiger partial charge < -0.3 is 29.0 Å². The molecule has 0 saturated carbocycles. The van der Waals surface area contributed by atoms with Crippen LogP contribution in [0.25, 0.3) is 10.9 Å². The minimum absolute atomic E-state index is 0.0521. The van der Waals surface area contributed by atoms with Crippen molar-refractivity contribution in [3.63, 3.8) is 0 Å². The van der Waals surface area contributed by atoms with E-state index in [9.17, 15) is 9.59 Å². The van der Waals surface area contributed by atoms with Gasteiger partial charge in [0.25, 0.3) is 5.91 Å². The van der Waals surface area contributed by atoms with E-state index in [1.54, 1.807) is 24.0 Å². The first kappa shape index (κ1) is 25.1. The van der Waals surface area contributed by atoms with Gasteiger partial charge in [0.15, 0.2) is 17.0 Å². The summed E-state index contributed by atoms with van der Waals surface area (Å²) < 4.78 is 16.7. The number of carbonyl (C=O) groups is 2. The van der Waals surface area contributed by atoms with E-state index in [0.717, 1.165) is 34.1 Å². The van der Waals surface area contributed by atoms with Crippen molar-refractivity contribution in [1.29, 1.82) is 0 Å². The first-order valence-corrected chi connectivity index (χ1v) is 12.9. The summed E-state index contributed by atoms with van der Waals surface area (Å²) >= 11 is 0. The van der Waals surface area contributed by atoms with Crippen LogP contribution in [0.2, 0.25) is 0 Å². The maximum atomic E-state index is 14.0. The summed E-state index contributed by atoms with van der Waals surface area (Å²) in [6.45, 7) is 6.05. The molecule has 0 radical (unpaired) electrons. The van der Waals surface area contributed by atoms with Gasteiger partial charge in [-0.3, -0.25) is 9.59 Å². The summed E-state index contributed by atoms with van der Waals surface area (Å²) in [5, 5.41) is 1.06. The summed E-state index contributed by atoms with van der Waals surface area (Å²) in [5.74, 6) is 1.11. The summed E-state index contributed by atoms with van der Waals surface area (Å²) in [6.07, 6.45) is 1.58. The van der Waals surface area contributed by atoms with Gasteiger partial charge in [-0.15, -0.1) is 0 Å². The highest BCUT2D eigenvalue weighted by atomic mass is 16.5. The number of H-pyrrole nitrogens is 1. The third kappa shape index (κ3) is 4.13. The number of aromatic amines is 1. The maximum absolute atomic E-state index is 14.0. The SMILES string of the molecule is CCCOc1ccc([C@H]2CN3C(=O)CN(CCCOC)C(=O)[C@]3(C)c3[nH]c4ccccc4c32)cc1OC. The molecule has 3 heterocycles. The van der Waals surface area contributed by atoms with Gasteiger partial charge in [-0.2, -0.15) is 0 Å². The van der Waals surface area contributed by atoms with E-state index in [1.165, 1.54) is 0 Å². The summed E-state index contributed by atoms with van der Waals surface area (Å²) in [4.78, 5) is 34.5. The molecule has 2 amide bonds. The smallest absolute Gasteiger partial charge is 0.254 e. The fourth-order valence-electron chi connectivity index (χ4n) is 5.79. The lowest BCUT2D eigenvalue weighted by molar-refractivity contribution is -0.166. The Labute approximate surface area is 217 Å². The molecule has 0 spiro atoms. The highest BCUT2D eigenvalue weighted by Crippen LogP contribution is 2.49. The third-order valence-corrected chi connectivity index (χ3v) is 7.65. The van der Waals surface area contributed by atoms with E-state index in [1.807, 2.05) is 43.3 Å². The minimum Gasteiger partial charge on any atom is -0.493 e. The number of para-hydroxylation sites is 1. The molecule has 2 aliphatic rings. The number of carbonyl (C=O) groups excluding carboxylic acids is 2.